The molecule has 38 heavy (non-hydrogen) atoms. The predicted molar refractivity (Wildman–Crippen MR) is 145 cm³/mol. The molecule has 204 valence electrons. The second-order valence-corrected chi connectivity index (χ2v) is 9.63. The summed E-state index contributed by atoms with van der Waals surface area (Å²) in [6.45, 7) is 10.9. The molecule has 0 aromatic heterocycles. The molecule has 1 N–H and O–H groups in total. The Morgan fingerprint density at radius 3 is 2.37 bits per heavy atom. The van der Waals surface area contributed by atoms with Crippen LogP contribution in [0.1, 0.15) is 49.4 Å². The standard InChI is InChI=1S/C30H38N2O6/c1-4-6-17-38-23-9-7-22(8-10-23)27-26(28(33)25-12-11-24(37-5-2)20-21(25)3)29(34)30(35)32(27)14-13-31-15-18-36-19-16-31/h7-12,20,27,33H,4-6,13-19H2,1-3H3/b28-26+. The Balaban J connectivity index is 1.70. The van der Waals surface area contributed by atoms with Crippen molar-refractivity contribution in [3.63, 3.8) is 0 Å². The predicted octanol–water partition coefficient (Wildman–Crippen LogP) is 4.33. The second-order valence-electron chi connectivity index (χ2n) is 9.63. The van der Waals surface area contributed by atoms with Crippen molar-refractivity contribution in [2.75, 3.05) is 52.6 Å². The van der Waals surface area contributed by atoms with E-state index in [4.69, 9.17) is 14.2 Å². The fourth-order valence-electron chi connectivity index (χ4n) is 4.92. The number of unbranched alkanes of at least 4 members (excludes halogenated alkanes) is 1. The maximum Gasteiger partial charge on any atom is 0.295 e. The largest absolute Gasteiger partial charge is 0.507 e. The van der Waals surface area contributed by atoms with E-state index in [1.807, 2.05) is 44.2 Å². The minimum atomic E-state index is -0.702. The van der Waals surface area contributed by atoms with Crippen LogP contribution in [0.15, 0.2) is 48.0 Å². The first-order valence-corrected chi connectivity index (χ1v) is 13.5. The molecule has 8 nitrogen and oxygen atoms in total. The number of nitrogens with zero attached hydrogens (tertiary/aromatic N) is 2. The summed E-state index contributed by atoms with van der Waals surface area (Å²) in [5, 5.41) is 11.5. The van der Waals surface area contributed by atoms with Crippen molar-refractivity contribution in [2.45, 2.75) is 39.7 Å². The number of benzene rings is 2. The van der Waals surface area contributed by atoms with Crippen molar-refractivity contribution in [3.05, 3.63) is 64.7 Å². The van der Waals surface area contributed by atoms with E-state index in [-0.39, 0.29) is 11.3 Å². The van der Waals surface area contributed by atoms with E-state index >= 15 is 0 Å². The normalized spacial score (nSPS) is 19.7. The Kier molecular flexibility index (Phi) is 9.42. The fourth-order valence-corrected chi connectivity index (χ4v) is 4.92. The molecule has 2 aliphatic heterocycles. The van der Waals surface area contributed by atoms with Crippen LogP contribution in [-0.4, -0.2) is 79.2 Å². The van der Waals surface area contributed by atoms with Crippen LogP contribution in [0.5, 0.6) is 11.5 Å². The highest BCUT2D eigenvalue weighted by atomic mass is 16.5. The number of hydrogen-bond donors (Lipinski definition) is 1. The number of aliphatic hydroxyl groups excluding tert-OH is 1. The zero-order valence-corrected chi connectivity index (χ0v) is 22.6. The Labute approximate surface area is 224 Å². The van der Waals surface area contributed by atoms with Gasteiger partial charge >= 0.3 is 0 Å². The number of carbonyl (C=O) groups is 2. The van der Waals surface area contributed by atoms with Gasteiger partial charge in [-0.25, -0.2) is 0 Å². The van der Waals surface area contributed by atoms with Crippen molar-refractivity contribution >= 4 is 17.4 Å². The van der Waals surface area contributed by atoms with Crippen LogP contribution in [0.4, 0.5) is 0 Å². The van der Waals surface area contributed by atoms with Crippen LogP contribution in [0.3, 0.4) is 0 Å². The van der Waals surface area contributed by atoms with Gasteiger partial charge < -0.3 is 24.2 Å². The van der Waals surface area contributed by atoms with Gasteiger partial charge in [0.15, 0.2) is 0 Å². The summed E-state index contributed by atoms with van der Waals surface area (Å²) in [6.07, 6.45) is 2.01. The number of carbonyl (C=O) groups excluding carboxylic acids is 2. The number of morpholine rings is 1. The Hall–Kier alpha value is -3.36. The lowest BCUT2D eigenvalue weighted by Crippen LogP contribution is -2.42. The third kappa shape index (κ3) is 6.19. The summed E-state index contributed by atoms with van der Waals surface area (Å²) < 4.78 is 16.8. The molecule has 1 unspecified atom stereocenters. The van der Waals surface area contributed by atoms with Crippen LogP contribution < -0.4 is 9.47 Å². The van der Waals surface area contributed by atoms with Gasteiger partial charge in [0.05, 0.1) is 38.0 Å². The number of Topliss-reactive ketones (excluding diaryl/α,β-unsaturated/α-hetero) is 1. The highest BCUT2D eigenvalue weighted by molar-refractivity contribution is 6.46. The number of likely N-dealkylation sites (tertiary alicyclic amines) is 1. The van der Waals surface area contributed by atoms with E-state index in [9.17, 15) is 14.7 Å². The van der Waals surface area contributed by atoms with Crippen molar-refractivity contribution in [1.29, 1.82) is 0 Å². The van der Waals surface area contributed by atoms with Gasteiger partial charge in [0.25, 0.3) is 11.7 Å². The monoisotopic (exact) mass is 522 g/mol. The molecule has 4 rings (SSSR count). The van der Waals surface area contributed by atoms with Gasteiger partial charge in [-0.3, -0.25) is 14.5 Å². The number of hydrogen-bond acceptors (Lipinski definition) is 7. The number of ketones is 1. The lowest BCUT2D eigenvalue weighted by Gasteiger charge is -2.31. The van der Waals surface area contributed by atoms with Gasteiger partial charge in [0, 0.05) is 31.7 Å². The molecule has 2 heterocycles. The van der Waals surface area contributed by atoms with E-state index < -0.39 is 17.7 Å². The van der Waals surface area contributed by atoms with E-state index in [2.05, 4.69) is 11.8 Å². The Morgan fingerprint density at radius 2 is 1.71 bits per heavy atom. The van der Waals surface area contributed by atoms with Crippen LogP contribution in [0, 0.1) is 6.92 Å². The van der Waals surface area contributed by atoms with Gasteiger partial charge in [0.1, 0.15) is 17.3 Å². The van der Waals surface area contributed by atoms with Crippen molar-refractivity contribution < 1.29 is 28.9 Å². The molecule has 2 saturated heterocycles. The second kappa shape index (κ2) is 12.9. The molecule has 1 amide bonds. The van der Waals surface area contributed by atoms with E-state index in [1.54, 1.807) is 17.0 Å². The molecule has 0 aliphatic carbocycles. The number of aliphatic hydroxyl groups is 1. The minimum absolute atomic E-state index is 0.101. The summed E-state index contributed by atoms with van der Waals surface area (Å²) in [6, 6.07) is 12.1. The average Bonchev–Trinajstić information content (AvgIpc) is 3.18. The molecule has 2 aliphatic rings. The summed E-state index contributed by atoms with van der Waals surface area (Å²) >= 11 is 0. The third-order valence-electron chi connectivity index (χ3n) is 7.03. The minimum Gasteiger partial charge on any atom is -0.507 e. The molecule has 0 bridgehead atoms. The summed E-state index contributed by atoms with van der Waals surface area (Å²) in [5.41, 5.74) is 2.11. The number of aryl methyl sites for hydroxylation is 1. The van der Waals surface area contributed by atoms with Gasteiger partial charge in [-0.15, -0.1) is 0 Å². The summed E-state index contributed by atoms with van der Waals surface area (Å²) in [5.74, 6) is -0.0358. The van der Waals surface area contributed by atoms with Crippen molar-refractivity contribution in [1.82, 2.24) is 9.80 Å². The SMILES string of the molecule is CCCCOc1ccc(C2/C(=C(\O)c3ccc(OCC)cc3C)C(=O)C(=O)N2CCN2CCOCC2)cc1. The summed E-state index contributed by atoms with van der Waals surface area (Å²) in [4.78, 5) is 30.5. The summed E-state index contributed by atoms with van der Waals surface area (Å²) in [7, 11) is 0. The third-order valence-corrected chi connectivity index (χ3v) is 7.03. The lowest BCUT2D eigenvalue weighted by atomic mass is 9.94. The number of rotatable bonds is 11. The van der Waals surface area contributed by atoms with E-state index in [0.29, 0.717) is 50.8 Å². The van der Waals surface area contributed by atoms with Crippen LogP contribution in [0.2, 0.25) is 0 Å². The van der Waals surface area contributed by atoms with Crippen LogP contribution in [0.25, 0.3) is 5.76 Å². The van der Waals surface area contributed by atoms with Crippen LogP contribution in [-0.2, 0) is 14.3 Å². The molecule has 2 aromatic carbocycles. The van der Waals surface area contributed by atoms with Gasteiger partial charge in [0.2, 0.25) is 0 Å². The molecular weight excluding hydrogens is 484 g/mol. The molecule has 0 saturated carbocycles. The first kappa shape index (κ1) is 27.7. The van der Waals surface area contributed by atoms with Gasteiger partial charge in [-0.05, 0) is 61.7 Å². The molecule has 0 spiro atoms. The molecule has 2 fully saturated rings. The first-order chi connectivity index (χ1) is 18.4. The van der Waals surface area contributed by atoms with Gasteiger partial charge in [-0.1, -0.05) is 25.5 Å². The quantitative estimate of drug-likeness (QED) is 0.203. The fraction of sp³-hybridized carbons (Fsp3) is 0.467. The highest BCUT2D eigenvalue weighted by Crippen LogP contribution is 2.40. The molecule has 0 radical (unpaired) electrons. The van der Waals surface area contributed by atoms with E-state index in [1.165, 1.54) is 0 Å². The highest BCUT2D eigenvalue weighted by Gasteiger charge is 2.46. The molecular formula is C30H38N2O6. The maximum absolute atomic E-state index is 13.4. The Bertz CT molecular complexity index is 1150. The zero-order chi connectivity index (χ0) is 27.1. The molecule has 8 heteroatoms. The average molecular weight is 523 g/mol. The maximum atomic E-state index is 13.4. The molecule has 2 aromatic rings. The molecule has 1 atom stereocenters. The van der Waals surface area contributed by atoms with Gasteiger partial charge in [-0.2, -0.15) is 0 Å². The van der Waals surface area contributed by atoms with Crippen LogP contribution >= 0.6 is 0 Å². The van der Waals surface area contributed by atoms with Crippen molar-refractivity contribution in [3.8, 4) is 11.5 Å². The number of amides is 1. The first-order valence-electron chi connectivity index (χ1n) is 13.5. The lowest BCUT2D eigenvalue weighted by molar-refractivity contribution is -0.140. The van der Waals surface area contributed by atoms with E-state index in [0.717, 1.165) is 42.8 Å². The van der Waals surface area contributed by atoms with Crippen molar-refractivity contribution in [2.24, 2.45) is 0 Å². The zero-order valence-electron chi connectivity index (χ0n) is 22.6. The topological polar surface area (TPSA) is 88.5 Å². The Morgan fingerprint density at radius 1 is 1.00 bits per heavy atom. The number of ether oxygens (including phenoxy) is 3. The smallest absolute Gasteiger partial charge is 0.295 e.